The van der Waals surface area contributed by atoms with E-state index in [-0.39, 0.29) is 36.4 Å². The minimum Gasteiger partial charge on any atom is -1.00 e. The first-order chi connectivity index (χ1) is 31.0. The fourth-order valence-electron chi connectivity index (χ4n) is 7.70. The lowest BCUT2D eigenvalue weighted by atomic mass is 9.90. The molecule has 6 aromatic rings. The van der Waals surface area contributed by atoms with E-state index in [9.17, 15) is 40.9 Å². The van der Waals surface area contributed by atoms with E-state index in [4.69, 9.17) is 18.3 Å². The van der Waals surface area contributed by atoms with Crippen molar-refractivity contribution >= 4 is 24.0 Å². The molecule has 0 unspecified atom stereocenters. The van der Waals surface area contributed by atoms with Crippen LogP contribution in [-0.2, 0) is 22.6 Å². The Labute approximate surface area is 411 Å². The topological polar surface area (TPSA) is 261 Å². The molecule has 0 spiro atoms. The molecule has 0 saturated carbocycles. The Morgan fingerprint density at radius 3 is 1.28 bits per heavy atom. The van der Waals surface area contributed by atoms with Gasteiger partial charge >= 0.3 is 0 Å². The quantitative estimate of drug-likeness (QED) is 0.0580. The molecule has 0 radical (unpaired) electrons. The Hall–Kier alpha value is -4.30. The van der Waals surface area contributed by atoms with E-state index in [2.05, 4.69) is 41.5 Å². The van der Waals surface area contributed by atoms with Crippen LogP contribution in [0.1, 0.15) is 35.1 Å². The summed E-state index contributed by atoms with van der Waals surface area (Å²) < 4.78 is 23.5. The lowest BCUT2D eigenvalue weighted by Crippen LogP contribution is -3.00. The molecule has 8 rings (SSSR count). The number of aliphatic hydroxyl groups is 8. The van der Waals surface area contributed by atoms with E-state index in [0.717, 1.165) is 33.4 Å². The lowest BCUT2D eigenvalue weighted by molar-refractivity contribution is -0.885. The maximum absolute atomic E-state index is 10.4. The largest absolute Gasteiger partial charge is 1.00 e. The molecule has 10 atom stereocenters. The summed E-state index contributed by atoms with van der Waals surface area (Å²) in [6, 6.07) is 30.1. The van der Waals surface area contributed by atoms with Gasteiger partial charge in [-0.05, 0) is 83.9 Å². The first-order valence-corrected chi connectivity index (χ1v) is 21.2. The van der Waals surface area contributed by atoms with Gasteiger partial charge in [0.2, 0.25) is 17.7 Å². The van der Waals surface area contributed by atoms with Gasteiger partial charge in [-0.3, -0.25) is 0 Å². The minimum absolute atomic E-state index is 0. The number of benzene rings is 4. The van der Waals surface area contributed by atoms with Gasteiger partial charge in [-0.1, -0.05) is 60.7 Å². The van der Waals surface area contributed by atoms with Gasteiger partial charge < -0.3 is 81.0 Å². The van der Waals surface area contributed by atoms with Gasteiger partial charge in [-0.2, -0.15) is 0 Å². The number of quaternary nitrogens is 1. The number of nitrogens with zero attached hydrogens (tertiary/aromatic N) is 6. The van der Waals surface area contributed by atoms with Gasteiger partial charge in [-0.25, -0.2) is 0 Å². The molecule has 2 aromatic heterocycles. The Balaban J connectivity index is 0.000000244. The van der Waals surface area contributed by atoms with E-state index >= 15 is 0 Å². The van der Waals surface area contributed by atoms with Gasteiger partial charge in [0, 0.05) is 11.1 Å². The second kappa shape index (κ2) is 23.3. The standard InChI is InChI=1S/C24H30N3O6.C23H27N3O6.ClH.HI/c1-27(2,3)12-19-25-26-24(33-19)15-9-7-14(8-10-15)16-5-4-6-17(11-16)23-22(31)21(30)20(29)18(13-28)32-23;1-26(2)11-18-24-25-23(32-18)14-8-6-13(7-9-14)15-4-3-5-16(10-15)22-21(30)20(29)19(28)17(12-27)31-22;;/h4-11,18,20-23,28-31H,12-13H2,1-3H3;3-10,17,19-22,27-30H,11-12H2,1-2H3;2*1H/q+1;;;/p-1/t18-,20-,21+,22+,23-;17-,19-,20+,21+,22-;;/m11../s1. The molecule has 0 bridgehead atoms. The predicted octanol–water partition coefficient (Wildman–Crippen LogP) is -0.273. The van der Waals surface area contributed by atoms with Crippen molar-refractivity contribution in [2.24, 2.45) is 0 Å². The smallest absolute Gasteiger partial charge is 0.271 e. The average Bonchev–Trinajstić information content (AvgIpc) is 3.97. The van der Waals surface area contributed by atoms with Crippen LogP contribution < -0.4 is 12.4 Å². The summed E-state index contributed by atoms with van der Waals surface area (Å²) in [5.41, 5.74) is 6.49. The summed E-state index contributed by atoms with van der Waals surface area (Å²) in [6.45, 7) is 0.273. The highest BCUT2D eigenvalue weighted by Crippen LogP contribution is 2.36. The Kier molecular flexibility index (Phi) is 18.7. The fraction of sp³-hybridized carbons (Fsp3) is 0.404. The number of rotatable bonds is 12. The highest BCUT2D eigenvalue weighted by atomic mass is 127. The van der Waals surface area contributed by atoms with Crippen molar-refractivity contribution < 1.29 is 76.1 Å². The molecule has 20 heteroatoms. The van der Waals surface area contributed by atoms with Crippen LogP contribution in [-0.4, -0.2) is 168 Å². The minimum atomic E-state index is -1.42. The Morgan fingerprint density at radius 1 is 0.507 bits per heavy atom. The SMILES string of the molecule is CN(C)Cc1nnc(-c2ccc(-c3cccc([C@H]4O[C@H](CO)[C@@H](O)[C@H](O)[C@@H]4O)c3)cc2)o1.C[N+](C)(C)Cc1nnc(-c2ccc(-c3cccc([C@H]4O[C@H](CO)[C@@H](O)[C@H](O)[C@@H]4O)c3)cc2)o1.I.[Cl-]. The monoisotopic (exact) mass is 1060 g/mol. The first kappa shape index (κ1) is 53.7. The van der Waals surface area contributed by atoms with Gasteiger partial charge in [0.1, 0.15) is 61.0 Å². The summed E-state index contributed by atoms with van der Waals surface area (Å²) in [4.78, 5) is 1.95. The molecule has 362 valence electrons. The van der Waals surface area contributed by atoms with Crippen LogP contribution in [0.3, 0.4) is 0 Å². The zero-order valence-electron chi connectivity index (χ0n) is 37.5. The molecule has 2 aliphatic rings. The maximum Gasteiger partial charge on any atom is 0.271 e. The molecular formula is C47H58ClIN6O12. The summed E-state index contributed by atoms with van der Waals surface area (Å²) in [7, 11) is 10.0. The van der Waals surface area contributed by atoms with E-state index in [1.165, 1.54) is 0 Å². The van der Waals surface area contributed by atoms with Crippen molar-refractivity contribution in [3.63, 3.8) is 0 Å². The number of aliphatic hydroxyl groups excluding tert-OH is 8. The van der Waals surface area contributed by atoms with Crippen LogP contribution in [0, 0.1) is 0 Å². The van der Waals surface area contributed by atoms with Crippen LogP contribution in [0.4, 0.5) is 0 Å². The normalized spacial score (nSPS) is 25.1. The summed E-state index contributed by atoms with van der Waals surface area (Å²) in [5.74, 6) is 2.03. The third-order valence-electron chi connectivity index (χ3n) is 11.1. The van der Waals surface area contributed by atoms with E-state index in [0.29, 0.717) is 52.3 Å². The van der Waals surface area contributed by atoms with Crippen LogP contribution in [0.25, 0.3) is 45.2 Å². The molecular weight excluding hydrogens is 1000 g/mol. The summed E-state index contributed by atoms with van der Waals surface area (Å²) in [5, 5.41) is 96.4. The highest BCUT2D eigenvalue weighted by molar-refractivity contribution is 14.0. The number of ether oxygens (including phenoxy) is 2. The fourth-order valence-corrected chi connectivity index (χ4v) is 7.70. The number of aromatic nitrogens is 4. The van der Waals surface area contributed by atoms with Crippen molar-refractivity contribution in [1.29, 1.82) is 0 Å². The highest BCUT2D eigenvalue weighted by Gasteiger charge is 2.45. The van der Waals surface area contributed by atoms with Crippen LogP contribution in [0.15, 0.2) is 106 Å². The molecule has 67 heavy (non-hydrogen) atoms. The van der Waals surface area contributed by atoms with Crippen LogP contribution in [0.5, 0.6) is 0 Å². The Bertz CT molecular complexity index is 2470. The third-order valence-corrected chi connectivity index (χ3v) is 11.1. The third kappa shape index (κ3) is 12.9. The first-order valence-electron chi connectivity index (χ1n) is 21.2. The van der Waals surface area contributed by atoms with Gasteiger partial charge in [0.25, 0.3) is 5.89 Å². The van der Waals surface area contributed by atoms with Crippen molar-refractivity contribution in [2.75, 3.05) is 48.5 Å². The second-order valence-electron chi connectivity index (χ2n) is 17.6. The van der Waals surface area contributed by atoms with E-state index in [1.807, 2.05) is 104 Å². The van der Waals surface area contributed by atoms with Crippen molar-refractivity contribution in [3.8, 4) is 45.2 Å². The summed E-state index contributed by atoms with van der Waals surface area (Å²) in [6.07, 6.45) is -11.9. The zero-order valence-corrected chi connectivity index (χ0v) is 40.6. The molecule has 0 amide bonds. The second-order valence-corrected chi connectivity index (χ2v) is 17.6. The van der Waals surface area contributed by atoms with Crippen molar-refractivity contribution in [1.82, 2.24) is 25.3 Å². The molecule has 4 heterocycles. The lowest BCUT2D eigenvalue weighted by Gasteiger charge is -2.40. The van der Waals surface area contributed by atoms with E-state index < -0.39 is 74.3 Å². The molecule has 2 saturated heterocycles. The predicted molar refractivity (Wildman–Crippen MR) is 250 cm³/mol. The van der Waals surface area contributed by atoms with Gasteiger partial charge in [0.05, 0.1) is 40.9 Å². The van der Waals surface area contributed by atoms with Gasteiger partial charge in [0.15, 0.2) is 6.54 Å². The molecule has 18 nitrogen and oxygen atoms in total. The summed E-state index contributed by atoms with van der Waals surface area (Å²) >= 11 is 0. The van der Waals surface area contributed by atoms with Gasteiger partial charge in [-0.15, -0.1) is 44.4 Å². The van der Waals surface area contributed by atoms with Crippen molar-refractivity contribution in [3.05, 3.63) is 120 Å². The number of hydrogen-bond acceptors (Lipinski definition) is 17. The average molecular weight is 1060 g/mol. The van der Waals surface area contributed by atoms with Crippen LogP contribution >= 0.6 is 24.0 Å². The number of hydrogen-bond donors (Lipinski definition) is 8. The molecule has 0 aliphatic carbocycles. The van der Waals surface area contributed by atoms with Crippen molar-refractivity contribution in [2.45, 2.75) is 74.1 Å². The molecule has 2 fully saturated rings. The van der Waals surface area contributed by atoms with Crippen LogP contribution in [0.2, 0.25) is 0 Å². The Morgan fingerprint density at radius 2 is 0.896 bits per heavy atom. The van der Waals surface area contributed by atoms with E-state index in [1.54, 1.807) is 12.1 Å². The molecule has 2 aliphatic heterocycles. The molecule has 4 aromatic carbocycles. The zero-order chi connectivity index (χ0) is 46.6. The number of halogens is 2. The molecule has 8 N–H and O–H groups in total. The maximum atomic E-state index is 10.4.